The second kappa shape index (κ2) is 4.73. The van der Waals surface area contributed by atoms with E-state index < -0.39 is 0 Å². The molecule has 0 fully saturated rings. The first kappa shape index (κ1) is 13.1. The van der Waals surface area contributed by atoms with Crippen molar-refractivity contribution in [3.8, 4) is 0 Å². The first-order valence-corrected chi connectivity index (χ1v) is 6.54. The molecule has 0 saturated heterocycles. The Morgan fingerprint density at radius 2 is 2.06 bits per heavy atom. The van der Waals surface area contributed by atoms with Crippen LogP contribution >= 0.6 is 0 Å². The summed E-state index contributed by atoms with van der Waals surface area (Å²) in [5.41, 5.74) is 8.08. The van der Waals surface area contributed by atoms with Gasteiger partial charge in [-0.2, -0.15) is 0 Å². The number of rotatable bonds is 1. The van der Waals surface area contributed by atoms with Gasteiger partial charge in [0.05, 0.1) is 6.04 Å². The summed E-state index contributed by atoms with van der Waals surface area (Å²) >= 11 is 0. The zero-order valence-corrected chi connectivity index (χ0v) is 11.4. The van der Waals surface area contributed by atoms with Gasteiger partial charge in [-0.15, -0.1) is 0 Å². The minimum Gasteiger partial charge on any atom is -0.334 e. The molecule has 0 saturated carbocycles. The van der Waals surface area contributed by atoms with Crippen LogP contribution in [0.25, 0.3) is 0 Å². The third-order valence-corrected chi connectivity index (χ3v) is 3.54. The Bertz CT molecular complexity index is 448. The molecule has 0 radical (unpaired) electrons. The Morgan fingerprint density at radius 1 is 1.39 bits per heavy atom. The van der Waals surface area contributed by atoms with Crippen LogP contribution in [0.15, 0.2) is 24.3 Å². The number of amides is 1. The number of benzene rings is 1. The molecule has 2 rings (SSSR count). The molecule has 1 heterocycles. The summed E-state index contributed by atoms with van der Waals surface area (Å²) < 4.78 is 0. The van der Waals surface area contributed by atoms with E-state index in [-0.39, 0.29) is 17.4 Å². The predicted molar refractivity (Wildman–Crippen MR) is 73.1 cm³/mol. The number of hydrogen-bond donors (Lipinski definition) is 1. The van der Waals surface area contributed by atoms with Gasteiger partial charge in [0.25, 0.3) is 0 Å². The van der Waals surface area contributed by atoms with E-state index in [4.69, 9.17) is 5.73 Å². The minimum atomic E-state index is -0.348. The number of carbonyl (C=O) groups is 1. The molecule has 3 heteroatoms. The van der Waals surface area contributed by atoms with Gasteiger partial charge in [-0.1, -0.05) is 45.0 Å². The standard InChI is InChI=1S/C15H22N2O/c1-15(2,3)14(18)17-9-8-11-6-4-5-7-12(11)13(17)10-16/h4-7,13H,8-10,16H2,1-3H3. The van der Waals surface area contributed by atoms with Gasteiger partial charge in [-0.3, -0.25) is 4.79 Å². The first-order chi connectivity index (χ1) is 8.45. The molecule has 3 nitrogen and oxygen atoms in total. The monoisotopic (exact) mass is 246 g/mol. The molecule has 18 heavy (non-hydrogen) atoms. The van der Waals surface area contributed by atoms with Gasteiger partial charge < -0.3 is 10.6 Å². The maximum atomic E-state index is 12.5. The molecule has 1 aromatic rings. The molecule has 0 spiro atoms. The quantitative estimate of drug-likeness (QED) is 0.825. The van der Waals surface area contributed by atoms with Crippen LogP contribution in [0.3, 0.4) is 0 Å². The fourth-order valence-corrected chi connectivity index (χ4v) is 2.58. The van der Waals surface area contributed by atoms with Crippen LogP contribution in [0.5, 0.6) is 0 Å². The van der Waals surface area contributed by atoms with Crippen molar-refractivity contribution in [3.05, 3.63) is 35.4 Å². The van der Waals surface area contributed by atoms with Gasteiger partial charge in [-0.05, 0) is 17.5 Å². The summed E-state index contributed by atoms with van der Waals surface area (Å²) in [6, 6.07) is 8.33. The largest absolute Gasteiger partial charge is 0.334 e. The maximum Gasteiger partial charge on any atom is 0.228 e. The molecule has 1 aliphatic heterocycles. The normalized spacial score (nSPS) is 19.6. The van der Waals surface area contributed by atoms with Crippen LogP contribution in [-0.2, 0) is 11.2 Å². The average molecular weight is 246 g/mol. The number of hydrogen-bond acceptors (Lipinski definition) is 2. The number of nitrogens with two attached hydrogens (primary N) is 1. The molecular weight excluding hydrogens is 224 g/mol. The molecular formula is C15H22N2O. The van der Waals surface area contributed by atoms with Crippen LogP contribution < -0.4 is 5.73 Å². The van der Waals surface area contributed by atoms with Gasteiger partial charge in [0.15, 0.2) is 0 Å². The van der Waals surface area contributed by atoms with Crippen molar-refractivity contribution in [3.63, 3.8) is 0 Å². The third kappa shape index (κ3) is 2.27. The van der Waals surface area contributed by atoms with Crippen molar-refractivity contribution in [2.75, 3.05) is 13.1 Å². The second-order valence-electron chi connectivity index (χ2n) is 5.95. The van der Waals surface area contributed by atoms with Crippen LogP contribution in [0, 0.1) is 5.41 Å². The van der Waals surface area contributed by atoms with Crippen LogP contribution in [0.4, 0.5) is 0 Å². The highest BCUT2D eigenvalue weighted by Crippen LogP contribution is 2.32. The van der Waals surface area contributed by atoms with Gasteiger partial charge in [0.2, 0.25) is 5.91 Å². The van der Waals surface area contributed by atoms with Crippen molar-refractivity contribution in [2.24, 2.45) is 11.1 Å². The van der Waals surface area contributed by atoms with E-state index in [1.165, 1.54) is 11.1 Å². The molecule has 2 N–H and O–H groups in total. The van der Waals surface area contributed by atoms with E-state index in [1.54, 1.807) is 0 Å². The fraction of sp³-hybridized carbons (Fsp3) is 0.533. The summed E-state index contributed by atoms with van der Waals surface area (Å²) in [6.45, 7) is 7.14. The zero-order valence-electron chi connectivity index (χ0n) is 11.4. The van der Waals surface area contributed by atoms with E-state index in [2.05, 4.69) is 12.1 Å². The van der Waals surface area contributed by atoms with Crippen molar-refractivity contribution >= 4 is 5.91 Å². The number of nitrogens with zero attached hydrogens (tertiary/aromatic N) is 1. The maximum absolute atomic E-state index is 12.5. The molecule has 0 aromatic heterocycles. The number of fused-ring (bicyclic) bond motifs is 1. The highest BCUT2D eigenvalue weighted by atomic mass is 16.2. The molecule has 1 atom stereocenters. The Morgan fingerprint density at radius 3 is 2.67 bits per heavy atom. The third-order valence-electron chi connectivity index (χ3n) is 3.54. The van der Waals surface area contributed by atoms with Crippen molar-refractivity contribution in [2.45, 2.75) is 33.2 Å². The lowest BCUT2D eigenvalue weighted by molar-refractivity contribution is -0.142. The van der Waals surface area contributed by atoms with E-state index >= 15 is 0 Å². The van der Waals surface area contributed by atoms with Crippen LogP contribution in [0.2, 0.25) is 0 Å². The van der Waals surface area contributed by atoms with E-state index in [1.807, 2.05) is 37.8 Å². The smallest absolute Gasteiger partial charge is 0.228 e. The Balaban J connectivity index is 2.34. The lowest BCUT2D eigenvalue weighted by atomic mass is 9.88. The highest BCUT2D eigenvalue weighted by molar-refractivity contribution is 5.82. The van der Waals surface area contributed by atoms with Crippen LogP contribution in [-0.4, -0.2) is 23.9 Å². The summed E-state index contributed by atoms with van der Waals surface area (Å²) in [6.07, 6.45) is 0.925. The molecule has 0 bridgehead atoms. The topological polar surface area (TPSA) is 46.3 Å². The molecule has 1 unspecified atom stereocenters. The summed E-state index contributed by atoms with van der Waals surface area (Å²) in [5, 5.41) is 0. The van der Waals surface area contributed by atoms with E-state index in [0.29, 0.717) is 6.54 Å². The van der Waals surface area contributed by atoms with Gasteiger partial charge in [-0.25, -0.2) is 0 Å². The van der Waals surface area contributed by atoms with Gasteiger partial charge in [0, 0.05) is 18.5 Å². The molecule has 98 valence electrons. The Kier molecular flexibility index (Phi) is 3.44. The minimum absolute atomic E-state index is 0.0293. The van der Waals surface area contributed by atoms with Gasteiger partial charge in [0.1, 0.15) is 0 Å². The fourth-order valence-electron chi connectivity index (χ4n) is 2.58. The zero-order chi connectivity index (χ0) is 13.3. The van der Waals surface area contributed by atoms with E-state index in [9.17, 15) is 4.79 Å². The van der Waals surface area contributed by atoms with Crippen molar-refractivity contribution in [1.82, 2.24) is 4.90 Å². The number of carbonyl (C=O) groups excluding carboxylic acids is 1. The van der Waals surface area contributed by atoms with Crippen LogP contribution in [0.1, 0.15) is 37.9 Å². The SMILES string of the molecule is CC(C)(C)C(=O)N1CCc2ccccc2C1CN. The molecule has 0 aliphatic carbocycles. The Hall–Kier alpha value is -1.35. The Labute approximate surface area is 109 Å². The van der Waals surface area contributed by atoms with E-state index in [0.717, 1.165) is 13.0 Å². The van der Waals surface area contributed by atoms with Crippen molar-refractivity contribution < 1.29 is 4.79 Å². The van der Waals surface area contributed by atoms with Crippen molar-refractivity contribution in [1.29, 1.82) is 0 Å². The second-order valence-corrected chi connectivity index (χ2v) is 5.95. The summed E-state index contributed by atoms with van der Waals surface area (Å²) in [5.74, 6) is 0.187. The highest BCUT2D eigenvalue weighted by Gasteiger charge is 2.34. The summed E-state index contributed by atoms with van der Waals surface area (Å²) in [7, 11) is 0. The molecule has 1 amide bonds. The predicted octanol–water partition coefficient (Wildman–Crippen LogP) is 2.12. The van der Waals surface area contributed by atoms with Gasteiger partial charge >= 0.3 is 0 Å². The summed E-state index contributed by atoms with van der Waals surface area (Å²) in [4.78, 5) is 14.4. The average Bonchev–Trinajstić information content (AvgIpc) is 2.35. The molecule has 1 aromatic carbocycles. The lowest BCUT2D eigenvalue weighted by Crippen LogP contribution is -2.47. The lowest BCUT2D eigenvalue weighted by Gasteiger charge is -2.40. The molecule has 1 aliphatic rings. The first-order valence-electron chi connectivity index (χ1n) is 6.54.